The van der Waals surface area contributed by atoms with Gasteiger partial charge in [-0.1, -0.05) is 13.3 Å². The van der Waals surface area contributed by atoms with Crippen LogP contribution in [0.25, 0.3) is 0 Å². The summed E-state index contributed by atoms with van der Waals surface area (Å²) >= 11 is 0. The van der Waals surface area contributed by atoms with E-state index in [1.807, 2.05) is 12.1 Å². The van der Waals surface area contributed by atoms with E-state index in [1.54, 1.807) is 13.4 Å². The Hall–Kier alpha value is -1.49. The van der Waals surface area contributed by atoms with Gasteiger partial charge in [-0.15, -0.1) is 0 Å². The van der Waals surface area contributed by atoms with Gasteiger partial charge in [0.1, 0.15) is 5.76 Å². The first-order chi connectivity index (χ1) is 11.3. The topological polar surface area (TPSA) is 58.8 Å². The molecular weight excluding hydrogens is 290 g/mol. The van der Waals surface area contributed by atoms with Gasteiger partial charge in [-0.25, -0.2) is 0 Å². The molecule has 5 nitrogen and oxygen atoms in total. The van der Waals surface area contributed by atoms with Crippen molar-refractivity contribution in [3.8, 4) is 0 Å². The molecule has 1 aromatic heterocycles. The van der Waals surface area contributed by atoms with E-state index >= 15 is 0 Å². The van der Waals surface area contributed by atoms with Gasteiger partial charge in [0.05, 0.1) is 6.26 Å². The summed E-state index contributed by atoms with van der Waals surface area (Å²) in [6, 6.07) is 3.93. The zero-order valence-electron chi connectivity index (χ0n) is 14.6. The molecule has 2 rings (SSSR count). The number of hydrogen-bond donors (Lipinski definition) is 2. The van der Waals surface area contributed by atoms with E-state index in [0.717, 1.165) is 57.2 Å². The summed E-state index contributed by atoms with van der Waals surface area (Å²) in [4.78, 5) is 4.84. The van der Waals surface area contributed by atoms with Gasteiger partial charge >= 0.3 is 0 Å². The van der Waals surface area contributed by atoms with E-state index in [1.165, 1.54) is 19.3 Å². The third-order valence-electron chi connectivity index (χ3n) is 4.61. The van der Waals surface area contributed by atoms with Crippen molar-refractivity contribution in [1.29, 1.82) is 0 Å². The fraction of sp³-hybridized carbons (Fsp3) is 0.722. The number of nitrogens with one attached hydrogen (secondary N) is 2. The second kappa shape index (κ2) is 9.60. The number of aliphatic imine (C=N–C) groups is 1. The van der Waals surface area contributed by atoms with Crippen LogP contribution in [-0.2, 0) is 11.2 Å². The van der Waals surface area contributed by atoms with Gasteiger partial charge in [0.25, 0.3) is 0 Å². The van der Waals surface area contributed by atoms with Crippen LogP contribution in [0.15, 0.2) is 27.8 Å². The molecule has 0 atom stereocenters. The van der Waals surface area contributed by atoms with Crippen molar-refractivity contribution in [2.75, 3.05) is 33.4 Å². The van der Waals surface area contributed by atoms with Gasteiger partial charge in [0.2, 0.25) is 0 Å². The molecule has 0 aliphatic heterocycles. The highest BCUT2D eigenvalue weighted by molar-refractivity contribution is 5.79. The maximum Gasteiger partial charge on any atom is 0.191 e. The number of ether oxygens (including phenoxy) is 1. The quantitative estimate of drug-likeness (QED) is 0.514. The molecule has 0 bridgehead atoms. The average Bonchev–Trinajstić information content (AvgIpc) is 3.03. The van der Waals surface area contributed by atoms with Crippen LogP contribution >= 0.6 is 0 Å². The van der Waals surface area contributed by atoms with Crippen LogP contribution in [0.5, 0.6) is 0 Å². The Morgan fingerprint density at radius 2 is 2.17 bits per heavy atom. The molecule has 0 saturated heterocycles. The predicted molar refractivity (Wildman–Crippen MR) is 93.8 cm³/mol. The second-order valence-electron chi connectivity index (χ2n) is 6.44. The average molecular weight is 321 g/mol. The van der Waals surface area contributed by atoms with Gasteiger partial charge in [0.15, 0.2) is 5.96 Å². The number of furan rings is 1. The number of rotatable bonds is 10. The number of guanidine groups is 1. The fourth-order valence-electron chi connectivity index (χ4n) is 2.91. The molecule has 1 heterocycles. The van der Waals surface area contributed by atoms with Crippen LogP contribution in [0.1, 0.15) is 44.8 Å². The Morgan fingerprint density at radius 3 is 2.78 bits per heavy atom. The van der Waals surface area contributed by atoms with Crippen LogP contribution in [-0.4, -0.2) is 39.3 Å². The Labute approximate surface area is 139 Å². The molecule has 0 amide bonds. The molecule has 2 N–H and O–H groups in total. The molecule has 1 fully saturated rings. The molecule has 23 heavy (non-hydrogen) atoms. The number of methoxy groups -OCH3 is 1. The minimum absolute atomic E-state index is 0.359. The number of nitrogens with zero attached hydrogens (tertiary/aromatic N) is 1. The van der Waals surface area contributed by atoms with Gasteiger partial charge in [-0.2, -0.15) is 0 Å². The second-order valence-corrected chi connectivity index (χ2v) is 6.44. The number of hydrogen-bond acceptors (Lipinski definition) is 3. The van der Waals surface area contributed by atoms with Crippen molar-refractivity contribution in [3.05, 3.63) is 24.2 Å². The van der Waals surface area contributed by atoms with E-state index in [2.05, 4.69) is 17.6 Å². The van der Waals surface area contributed by atoms with Crippen molar-refractivity contribution >= 4 is 5.96 Å². The smallest absolute Gasteiger partial charge is 0.191 e. The van der Waals surface area contributed by atoms with Crippen LogP contribution in [0, 0.1) is 5.41 Å². The lowest BCUT2D eigenvalue weighted by Gasteiger charge is -2.40. The molecule has 130 valence electrons. The molecule has 1 aliphatic carbocycles. The first-order valence-electron chi connectivity index (χ1n) is 8.81. The largest absolute Gasteiger partial charge is 0.469 e. The Morgan fingerprint density at radius 1 is 1.35 bits per heavy atom. The van der Waals surface area contributed by atoms with E-state index < -0.39 is 0 Å². The summed E-state index contributed by atoms with van der Waals surface area (Å²) in [6.45, 7) is 5.65. The van der Waals surface area contributed by atoms with E-state index in [-0.39, 0.29) is 0 Å². The SMILES string of the molecule is CCCNC(=NCC1(CCOC)CCC1)NCCc1ccco1. The molecular formula is C18H31N3O2. The zero-order chi connectivity index (χ0) is 16.4. The minimum Gasteiger partial charge on any atom is -0.469 e. The Balaban J connectivity index is 1.82. The Bertz CT molecular complexity index is 453. The highest BCUT2D eigenvalue weighted by Crippen LogP contribution is 2.44. The lowest BCUT2D eigenvalue weighted by molar-refractivity contribution is 0.0778. The predicted octanol–water partition coefficient (Wildman–Crippen LogP) is 2.97. The van der Waals surface area contributed by atoms with E-state index in [9.17, 15) is 0 Å². The lowest BCUT2D eigenvalue weighted by atomic mass is 9.67. The molecule has 0 radical (unpaired) electrons. The molecule has 1 aliphatic rings. The van der Waals surface area contributed by atoms with Crippen molar-refractivity contribution in [1.82, 2.24) is 10.6 Å². The molecule has 5 heteroatoms. The van der Waals surface area contributed by atoms with Crippen LogP contribution in [0.4, 0.5) is 0 Å². The van der Waals surface area contributed by atoms with Gasteiger partial charge in [-0.3, -0.25) is 4.99 Å². The maximum atomic E-state index is 5.37. The monoisotopic (exact) mass is 321 g/mol. The van der Waals surface area contributed by atoms with Gasteiger partial charge < -0.3 is 19.8 Å². The maximum absolute atomic E-state index is 5.37. The van der Waals surface area contributed by atoms with Crippen molar-refractivity contribution < 1.29 is 9.15 Å². The molecule has 0 aromatic carbocycles. The minimum atomic E-state index is 0.359. The molecule has 1 aromatic rings. The highest BCUT2D eigenvalue weighted by atomic mass is 16.5. The van der Waals surface area contributed by atoms with Crippen molar-refractivity contribution in [2.24, 2.45) is 10.4 Å². The molecule has 1 saturated carbocycles. The van der Waals surface area contributed by atoms with Crippen molar-refractivity contribution in [3.63, 3.8) is 0 Å². The summed E-state index contributed by atoms with van der Waals surface area (Å²) in [5, 5.41) is 6.82. The van der Waals surface area contributed by atoms with Gasteiger partial charge in [0, 0.05) is 39.8 Å². The summed E-state index contributed by atoms with van der Waals surface area (Å²) in [6.07, 6.45) is 8.65. The Kier molecular flexibility index (Phi) is 7.46. The van der Waals surface area contributed by atoms with Crippen LogP contribution in [0.3, 0.4) is 0 Å². The van der Waals surface area contributed by atoms with Gasteiger partial charge in [-0.05, 0) is 43.2 Å². The summed E-state index contributed by atoms with van der Waals surface area (Å²) in [5.74, 6) is 1.92. The molecule has 0 spiro atoms. The normalized spacial score (nSPS) is 16.9. The molecule has 0 unspecified atom stereocenters. The van der Waals surface area contributed by atoms with E-state index in [4.69, 9.17) is 14.1 Å². The zero-order valence-corrected chi connectivity index (χ0v) is 14.6. The van der Waals surface area contributed by atoms with E-state index in [0.29, 0.717) is 5.41 Å². The third-order valence-corrected chi connectivity index (χ3v) is 4.61. The highest BCUT2D eigenvalue weighted by Gasteiger charge is 2.36. The van der Waals surface area contributed by atoms with Crippen molar-refractivity contribution in [2.45, 2.75) is 45.4 Å². The standard InChI is InChI=1S/C18H31N3O2/c1-3-11-19-17(20-12-7-16-6-4-13-23-16)21-15-18(8-5-9-18)10-14-22-2/h4,6,13H,3,5,7-12,14-15H2,1-2H3,(H2,19,20,21). The summed E-state index contributed by atoms with van der Waals surface area (Å²) < 4.78 is 10.6. The fourth-order valence-corrected chi connectivity index (χ4v) is 2.91. The lowest BCUT2D eigenvalue weighted by Crippen LogP contribution is -2.41. The summed E-state index contributed by atoms with van der Waals surface area (Å²) in [5.41, 5.74) is 0.359. The van der Waals surface area contributed by atoms with Crippen LogP contribution in [0.2, 0.25) is 0 Å². The first kappa shape index (κ1) is 17.9. The summed E-state index contributed by atoms with van der Waals surface area (Å²) in [7, 11) is 1.78. The third kappa shape index (κ3) is 5.90. The first-order valence-corrected chi connectivity index (χ1v) is 8.81. The van der Waals surface area contributed by atoms with Crippen LogP contribution < -0.4 is 10.6 Å².